The zero-order valence-electron chi connectivity index (χ0n) is 17.1. The van der Waals surface area contributed by atoms with Gasteiger partial charge in [-0.05, 0) is 30.2 Å². The minimum Gasteiger partial charge on any atom is -0.368 e. The number of nitrogens with one attached hydrogen (secondary N) is 1. The first kappa shape index (κ1) is 22.4. The monoisotopic (exact) mass is 471 g/mol. The molecule has 1 aliphatic carbocycles. The Morgan fingerprint density at radius 2 is 1.91 bits per heavy atom. The summed E-state index contributed by atoms with van der Waals surface area (Å²) in [5, 5.41) is 2.90. The molecule has 2 aromatic rings. The van der Waals surface area contributed by atoms with Crippen LogP contribution in [0.1, 0.15) is 30.1 Å². The van der Waals surface area contributed by atoms with E-state index in [-0.39, 0.29) is 24.7 Å². The van der Waals surface area contributed by atoms with Gasteiger partial charge in [0.15, 0.2) is 0 Å². The summed E-state index contributed by atoms with van der Waals surface area (Å²) in [5.41, 5.74) is 6.79. The van der Waals surface area contributed by atoms with Crippen LogP contribution >= 0.6 is 23.4 Å². The summed E-state index contributed by atoms with van der Waals surface area (Å²) in [6.07, 6.45) is 1.01. The number of carbonyl (C=O) groups is 4. The maximum absolute atomic E-state index is 13.7. The van der Waals surface area contributed by atoms with E-state index >= 15 is 0 Å². The molecule has 1 heterocycles. The van der Waals surface area contributed by atoms with Gasteiger partial charge in [-0.15, -0.1) is 11.8 Å². The molecule has 0 saturated heterocycles. The van der Waals surface area contributed by atoms with Gasteiger partial charge in [-0.25, -0.2) is 0 Å². The van der Waals surface area contributed by atoms with Crippen LogP contribution in [0.5, 0.6) is 0 Å². The van der Waals surface area contributed by atoms with Crippen molar-refractivity contribution in [2.24, 2.45) is 11.7 Å². The minimum atomic E-state index is -0.962. The van der Waals surface area contributed by atoms with Gasteiger partial charge in [0.05, 0.1) is 10.9 Å². The quantitative estimate of drug-likeness (QED) is 0.696. The number of nitrogens with two attached hydrogens (primary N) is 1. The molecule has 7 nitrogen and oxygen atoms in total. The zero-order chi connectivity index (χ0) is 22.8. The summed E-state index contributed by atoms with van der Waals surface area (Å²) < 4.78 is 0. The standard InChI is InChI=1S/C23H22ClN3O4S/c24-15-7-9-17-18(11-15)32-21(13-4-2-1-3-5-13)20(23(31)27(17)12-19(25)29)26-22(30)14-6-8-16(28)10-14/h1-5,7,9,11,14,20-21H,6,8,10,12H2,(H2,25,29)(H,26,30)/t14-,20+,21-/m1/s1. The normalized spacial score (nSPS) is 22.9. The molecule has 0 aromatic heterocycles. The molecular weight excluding hydrogens is 450 g/mol. The van der Waals surface area contributed by atoms with Crippen molar-refractivity contribution in [3.8, 4) is 0 Å². The predicted octanol–water partition coefficient (Wildman–Crippen LogP) is 2.86. The molecule has 166 valence electrons. The van der Waals surface area contributed by atoms with Gasteiger partial charge in [0.25, 0.3) is 5.91 Å². The highest BCUT2D eigenvalue weighted by molar-refractivity contribution is 7.99. The number of fused-ring (bicyclic) bond motifs is 1. The van der Waals surface area contributed by atoms with Gasteiger partial charge in [-0.1, -0.05) is 41.9 Å². The van der Waals surface area contributed by atoms with Gasteiger partial charge in [0, 0.05) is 28.7 Å². The predicted molar refractivity (Wildman–Crippen MR) is 122 cm³/mol. The molecule has 3 N–H and O–H groups in total. The van der Waals surface area contributed by atoms with Crippen LogP contribution in [-0.2, 0) is 19.2 Å². The number of nitrogens with zero attached hydrogens (tertiary/aromatic N) is 1. The van der Waals surface area contributed by atoms with Crippen LogP contribution in [-0.4, -0.2) is 36.1 Å². The number of hydrogen-bond acceptors (Lipinski definition) is 5. The lowest BCUT2D eigenvalue weighted by molar-refractivity contribution is -0.130. The lowest BCUT2D eigenvalue weighted by Crippen LogP contribution is -2.53. The summed E-state index contributed by atoms with van der Waals surface area (Å²) in [6.45, 7) is -0.330. The van der Waals surface area contributed by atoms with Gasteiger partial charge in [0.1, 0.15) is 18.4 Å². The van der Waals surface area contributed by atoms with Crippen LogP contribution in [0.2, 0.25) is 5.02 Å². The molecule has 0 spiro atoms. The van der Waals surface area contributed by atoms with E-state index < -0.39 is 29.0 Å². The number of rotatable bonds is 5. The molecule has 3 atom stereocenters. The van der Waals surface area contributed by atoms with Crippen LogP contribution in [0.25, 0.3) is 0 Å². The first-order chi connectivity index (χ1) is 15.3. The minimum absolute atomic E-state index is 0.0451. The second-order valence-corrected chi connectivity index (χ2v) is 9.54. The summed E-state index contributed by atoms with van der Waals surface area (Å²) >= 11 is 7.62. The fourth-order valence-electron chi connectivity index (χ4n) is 4.09. The molecule has 1 aliphatic heterocycles. The number of halogens is 1. The van der Waals surface area contributed by atoms with E-state index in [9.17, 15) is 19.2 Å². The molecule has 4 rings (SSSR count). The topological polar surface area (TPSA) is 110 Å². The van der Waals surface area contributed by atoms with Gasteiger partial charge >= 0.3 is 0 Å². The Morgan fingerprint density at radius 3 is 2.56 bits per heavy atom. The summed E-state index contributed by atoms with van der Waals surface area (Å²) in [7, 11) is 0. The van der Waals surface area contributed by atoms with Crippen molar-refractivity contribution in [1.82, 2.24) is 5.32 Å². The number of hydrogen-bond donors (Lipinski definition) is 2. The Labute approximate surface area is 194 Å². The molecule has 2 aromatic carbocycles. The first-order valence-electron chi connectivity index (χ1n) is 10.3. The number of thioether (sulfide) groups is 1. The highest BCUT2D eigenvalue weighted by Crippen LogP contribution is 2.46. The van der Waals surface area contributed by atoms with Crippen molar-refractivity contribution < 1.29 is 19.2 Å². The highest BCUT2D eigenvalue weighted by Gasteiger charge is 2.41. The smallest absolute Gasteiger partial charge is 0.251 e. The molecule has 9 heteroatoms. The molecule has 2 aliphatic rings. The maximum atomic E-state index is 13.7. The SMILES string of the molecule is NC(=O)CN1C(=O)[C@@H](NC(=O)[C@@H]2CCC(=O)C2)[C@@H](c2ccccc2)Sc2cc(Cl)ccc21. The largest absolute Gasteiger partial charge is 0.368 e. The van der Waals surface area contributed by atoms with Gasteiger partial charge < -0.3 is 16.0 Å². The number of primary amides is 1. The number of benzene rings is 2. The summed E-state index contributed by atoms with van der Waals surface area (Å²) in [5.74, 6) is -1.86. The van der Waals surface area contributed by atoms with Crippen LogP contribution in [0.4, 0.5) is 5.69 Å². The molecule has 1 fully saturated rings. The van der Waals surface area contributed by atoms with E-state index in [2.05, 4.69) is 5.32 Å². The third kappa shape index (κ3) is 4.66. The molecule has 32 heavy (non-hydrogen) atoms. The Kier molecular flexibility index (Phi) is 6.53. The Hall–Kier alpha value is -2.84. The second-order valence-electron chi connectivity index (χ2n) is 7.92. The molecular formula is C23H22ClN3O4S. The number of amides is 3. The lowest BCUT2D eigenvalue weighted by Gasteiger charge is -2.29. The average molecular weight is 472 g/mol. The van der Waals surface area contributed by atoms with Crippen molar-refractivity contribution >= 4 is 52.6 Å². The third-order valence-corrected chi connectivity index (χ3v) is 7.27. The van der Waals surface area contributed by atoms with E-state index in [1.165, 1.54) is 16.7 Å². The molecule has 1 saturated carbocycles. The molecule has 0 unspecified atom stereocenters. The van der Waals surface area contributed by atoms with Gasteiger partial charge in [-0.2, -0.15) is 0 Å². The molecule has 3 amide bonds. The Morgan fingerprint density at radius 1 is 1.16 bits per heavy atom. The fraction of sp³-hybridized carbons (Fsp3) is 0.304. The maximum Gasteiger partial charge on any atom is 0.251 e. The summed E-state index contributed by atoms with van der Waals surface area (Å²) in [6, 6.07) is 13.5. The van der Waals surface area contributed by atoms with Crippen molar-refractivity contribution in [3.05, 3.63) is 59.1 Å². The van der Waals surface area contributed by atoms with E-state index in [0.717, 1.165) is 5.56 Å². The average Bonchev–Trinajstić information content (AvgIpc) is 3.17. The first-order valence-corrected chi connectivity index (χ1v) is 11.5. The van der Waals surface area contributed by atoms with Crippen molar-refractivity contribution in [2.45, 2.75) is 35.4 Å². The Bertz CT molecular complexity index is 1080. The van der Waals surface area contributed by atoms with E-state index in [0.29, 0.717) is 28.4 Å². The van der Waals surface area contributed by atoms with E-state index in [4.69, 9.17) is 17.3 Å². The van der Waals surface area contributed by atoms with Crippen molar-refractivity contribution in [3.63, 3.8) is 0 Å². The van der Waals surface area contributed by atoms with E-state index in [1.807, 2.05) is 30.3 Å². The number of Topliss-reactive ketones (excluding diaryl/α,β-unsaturated/α-hetero) is 1. The second kappa shape index (κ2) is 9.34. The number of ketones is 1. The van der Waals surface area contributed by atoms with Crippen molar-refractivity contribution in [2.75, 3.05) is 11.4 Å². The zero-order valence-corrected chi connectivity index (χ0v) is 18.7. The lowest BCUT2D eigenvalue weighted by atomic mass is 10.0. The third-order valence-electron chi connectivity index (χ3n) is 5.66. The van der Waals surface area contributed by atoms with E-state index in [1.54, 1.807) is 18.2 Å². The molecule has 0 radical (unpaired) electrons. The van der Waals surface area contributed by atoms with Gasteiger partial charge in [-0.3, -0.25) is 19.2 Å². The fourth-order valence-corrected chi connectivity index (χ4v) is 5.71. The highest BCUT2D eigenvalue weighted by atomic mass is 35.5. The van der Waals surface area contributed by atoms with Crippen LogP contribution in [0, 0.1) is 5.92 Å². The van der Waals surface area contributed by atoms with Crippen LogP contribution in [0.3, 0.4) is 0 Å². The van der Waals surface area contributed by atoms with Gasteiger partial charge in [0.2, 0.25) is 11.8 Å². The summed E-state index contributed by atoms with van der Waals surface area (Å²) in [4.78, 5) is 52.2. The van der Waals surface area contributed by atoms with Crippen LogP contribution < -0.4 is 16.0 Å². The number of carbonyl (C=O) groups excluding carboxylic acids is 4. The van der Waals surface area contributed by atoms with Crippen molar-refractivity contribution in [1.29, 1.82) is 0 Å². The van der Waals surface area contributed by atoms with Crippen LogP contribution in [0.15, 0.2) is 53.4 Å². The Balaban J connectivity index is 1.77. The molecule has 0 bridgehead atoms. The number of anilines is 1.